The quantitative estimate of drug-likeness (QED) is 0.643. The van der Waals surface area contributed by atoms with Crippen LogP contribution in [-0.4, -0.2) is 25.5 Å². The summed E-state index contributed by atoms with van der Waals surface area (Å²) in [6.45, 7) is 1.98. The Morgan fingerprint density at radius 3 is 2.42 bits per heavy atom. The SMILES string of the molecule is CCOC(=O)C1=C(c2ccccc2)NC(=O)C1=Cc1ccc(NC)cc1. The van der Waals surface area contributed by atoms with Gasteiger partial charge in [-0.1, -0.05) is 42.5 Å². The largest absolute Gasteiger partial charge is 0.462 e. The number of anilines is 1. The summed E-state index contributed by atoms with van der Waals surface area (Å²) in [7, 11) is 1.84. The lowest BCUT2D eigenvalue weighted by Crippen LogP contribution is -2.15. The molecule has 0 spiro atoms. The van der Waals surface area contributed by atoms with Crippen LogP contribution < -0.4 is 10.6 Å². The minimum Gasteiger partial charge on any atom is -0.462 e. The number of hydrogen-bond acceptors (Lipinski definition) is 4. The molecule has 0 aromatic heterocycles. The Morgan fingerprint density at radius 1 is 1.12 bits per heavy atom. The molecule has 2 aromatic carbocycles. The molecular weight excluding hydrogens is 328 g/mol. The van der Waals surface area contributed by atoms with Crippen molar-refractivity contribution in [3.8, 4) is 0 Å². The summed E-state index contributed by atoms with van der Waals surface area (Å²) in [6.07, 6.45) is 1.71. The number of benzene rings is 2. The van der Waals surface area contributed by atoms with Gasteiger partial charge in [0.05, 0.1) is 23.5 Å². The number of carbonyl (C=O) groups is 2. The Hall–Kier alpha value is -3.34. The van der Waals surface area contributed by atoms with E-state index in [1.165, 1.54) is 0 Å². The topological polar surface area (TPSA) is 67.4 Å². The van der Waals surface area contributed by atoms with Gasteiger partial charge in [-0.3, -0.25) is 4.79 Å². The molecule has 0 unspecified atom stereocenters. The van der Waals surface area contributed by atoms with Crippen LogP contribution in [0.4, 0.5) is 5.69 Å². The van der Waals surface area contributed by atoms with Gasteiger partial charge in [-0.05, 0) is 36.3 Å². The van der Waals surface area contributed by atoms with E-state index in [4.69, 9.17) is 4.74 Å². The number of carbonyl (C=O) groups excluding carboxylic acids is 2. The molecule has 5 heteroatoms. The van der Waals surface area contributed by atoms with Gasteiger partial charge in [0.1, 0.15) is 0 Å². The monoisotopic (exact) mass is 348 g/mol. The van der Waals surface area contributed by atoms with Crippen molar-refractivity contribution in [2.75, 3.05) is 19.0 Å². The normalized spacial score (nSPS) is 15.2. The molecule has 1 heterocycles. The van der Waals surface area contributed by atoms with Gasteiger partial charge in [0.25, 0.3) is 5.91 Å². The highest BCUT2D eigenvalue weighted by atomic mass is 16.5. The number of rotatable bonds is 5. The van der Waals surface area contributed by atoms with Crippen LogP contribution in [0, 0.1) is 0 Å². The van der Waals surface area contributed by atoms with Gasteiger partial charge in [0.15, 0.2) is 0 Å². The van der Waals surface area contributed by atoms with Crippen molar-refractivity contribution in [1.82, 2.24) is 5.32 Å². The Labute approximate surface area is 152 Å². The standard InChI is InChI=1S/C21H20N2O3/c1-3-26-21(25)18-17(13-14-9-11-16(22-2)12-10-14)20(24)23-19(18)15-7-5-4-6-8-15/h4-13,22H,3H2,1-2H3,(H,23,24). The number of nitrogens with one attached hydrogen (secondary N) is 2. The number of esters is 1. The maximum Gasteiger partial charge on any atom is 0.341 e. The molecule has 0 aliphatic carbocycles. The second-order valence-electron chi connectivity index (χ2n) is 5.72. The van der Waals surface area contributed by atoms with Crippen LogP contribution in [0.3, 0.4) is 0 Å². The Morgan fingerprint density at radius 2 is 1.81 bits per heavy atom. The summed E-state index contributed by atoms with van der Waals surface area (Å²) < 4.78 is 5.19. The van der Waals surface area contributed by atoms with Gasteiger partial charge < -0.3 is 15.4 Å². The maximum atomic E-state index is 12.6. The Balaban J connectivity index is 2.09. The summed E-state index contributed by atoms with van der Waals surface area (Å²) in [5.41, 5.74) is 3.60. The van der Waals surface area contributed by atoms with E-state index in [-0.39, 0.29) is 18.1 Å². The van der Waals surface area contributed by atoms with Gasteiger partial charge in [0, 0.05) is 12.7 Å². The van der Waals surface area contributed by atoms with E-state index in [9.17, 15) is 9.59 Å². The minimum atomic E-state index is -0.511. The molecule has 26 heavy (non-hydrogen) atoms. The van der Waals surface area contributed by atoms with Crippen LogP contribution in [0.2, 0.25) is 0 Å². The smallest absolute Gasteiger partial charge is 0.341 e. The average molecular weight is 348 g/mol. The first-order valence-electron chi connectivity index (χ1n) is 8.42. The van der Waals surface area contributed by atoms with Crippen LogP contribution in [-0.2, 0) is 14.3 Å². The van der Waals surface area contributed by atoms with Crippen LogP contribution in [0.15, 0.2) is 65.7 Å². The van der Waals surface area contributed by atoms with Crippen molar-refractivity contribution in [3.63, 3.8) is 0 Å². The van der Waals surface area contributed by atoms with Crippen molar-refractivity contribution in [3.05, 3.63) is 76.9 Å². The van der Waals surface area contributed by atoms with E-state index in [1.807, 2.05) is 61.6 Å². The zero-order valence-corrected chi connectivity index (χ0v) is 14.7. The Kier molecular flexibility index (Phi) is 5.17. The minimum absolute atomic E-state index is 0.239. The highest BCUT2D eigenvalue weighted by molar-refractivity contribution is 6.23. The van der Waals surface area contributed by atoms with Crippen molar-refractivity contribution < 1.29 is 14.3 Å². The van der Waals surface area contributed by atoms with Crippen LogP contribution in [0.5, 0.6) is 0 Å². The van der Waals surface area contributed by atoms with Gasteiger partial charge in [-0.15, -0.1) is 0 Å². The van der Waals surface area contributed by atoms with E-state index >= 15 is 0 Å². The summed E-state index contributed by atoms with van der Waals surface area (Å²) in [6, 6.07) is 16.9. The van der Waals surface area contributed by atoms with E-state index in [0.29, 0.717) is 11.3 Å². The van der Waals surface area contributed by atoms with E-state index < -0.39 is 5.97 Å². The Bertz CT molecular complexity index is 881. The molecule has 5 nitrogen and oxygen atoms in total. The van der Waals surface area contributed by atoms with E-state index in [0.717, 1.165) is 16.8 Å². The fraction of sp³-hybridized carbons (Fsp3) is 0.143. The van der Waals surface area contributed by atoms with E-state index in [1.54, 1.807) is 13.0 Å². The summed E-state index contributed by atoms with van der Waals surface area (Å²) in [5, 5.41) is 5.86. The number of amides is 1. The molecule has 0 bridgehead atoms. The van der Waals surface area contributed by atoms with Gasteiger partial charge in [-0.2, -0.15) is 0 Å². The molecule has 0 saturated carbocycles. The first-order valence-corrected chi connectivity index (χ1v) is 8.42. The highest BCUT2D eigenvalue weighted by Gasteiger charge is 2.33. The fourth-order valence-corrected chi connectivity index (χ4v) is 2.78. The molecule has 0 atom stereocenters. The third-order valence-corrected chi connectivity index (χ3v) is 4.05. The van der Waals surface area contributed by atoms with Gasteiger partial charge >= 0.3 is 5.97 Å². The zero-order chi connectivity index (χ0) is 18.5. The maximum absolute atomic E-state index is 12.6. The predicted molar refractivity (Wildman–Crippen MR) is 102 cm³/mol. The molecule has 1 aliphatic heterocycles. The lowest BCUT2D eigenvalue weighted by Gasteiger charge is -2.07. The van der Waals surface area contributed by atoms with Crippen LogP contribution in [0.1, 0.15) is 18.1 Å². The van der Waals surface area contributed by atoms with Gasteiger partial charge in [0.2, 0.25) is 0 Å². The predicted octanol–water partition coefficient (Wildman–Crippen LogP) is 3.22. The molecule has 2 N–H and O–H groups in total. The second kappa shape index (κ2) is 7.70. The van der Waals surface area contributed by atoms with Crippen molar-refractivity contribution in [2.45, 2.75) is 6.92 Å². The molecule has 132 valence electrons. The van der Waals surface area contributed by atoms with Crippen LogP contribution in [0.25, 0.3) is 11.8 Å². The van der Waals surface area contributed by atoms with Crippen LogP contribution >= 0.6 is 0 Å². The summed E-state index contributed by atoms with van der Waals surface area (Å²) in [5.74, 6) is -0.826. The van der Waals surface area contributed by atoms with E-state index in [2.05, 4.69) is 10.6 Å². The van der Waals surface area contributed by atoms with Crippen molar-refractivity contribution in [1.29, 1.82) is 0 Å². The summed E-state index contributed by atoms with van der Waals surface area (Å²) >= 11 is 0. The molecule has 2 aromatic rings. The molecule has 0 radical (unpaired) electrons. The lowest BCUT2D eigenvalue weighted by molar-refractivity contribution is -0.138. The first kappa shape index (κ1) is 17.5. The third-order valence-electron chi connectivity index (χ3n) is 4.05. The molecular formula is C21H20N2O3. The molecule has 3 rings (SSSR count). The van der Waals surface area contributed by atoms with Gasteiger partial charge in [-0.25, -0.2) is 4.79 Å². The third kappa shape index (κ3) is 3.52. The number of hydrogen-bond donors (Lipinski definition) is 2. The average Bonchev–Trinajstić information content (AvgIpc) is 3.00. The van der Waals surface area contributed by atoms with Crippen molar-refractivity contribution >= 4 is 29.3 Å². The fourth-order valence-electron chi connectivity index (χ4n) is 2.78. The molecule has 1 aliphatic rings. The first-order chi connectivity index (χ1) is 12.6. The number of ether oxygens (including phenoxy) is 1. The van der Waals surface area contributed by atoms with Crippen molar-refractivity contribution in [2.24, 2.45) is 0 Å². The molecule has 1 amide bonds. The zero-order valence-electron chi connectivity index (χ0n) is 14.7. The molecule has 0 fully saturated rings. The second-order valence-corrected chi connectivity index (χ2v) is 5.72. The lowest BCUT2D eigenvalue weighted by atomic mass is 10.0. The highest BCUT2D eigenvalue weighted by Crippen LogP contribution is 2.30. The summed E-state index contributed by atoms with van der Waals surface area (Å²) in [4.78, 5) is 25.1. The molecule has 0 saturated heterocycles.